The molecule has 0 aliphatic carbocycles. The Morgan fingerprint density at radius 3 is 2.43 bits per heavy atom. The third kappa shape index (κ3) is 4.53. The van der Waals surface area contributed by atoms with E-state index in [4.69, 9.17) is 0 Å². The average Bonchev–Trinajstić information content (AvgIpc) is 2.52. The van der Waals surface area contributed by atoms with Gasteiger partial charge in [0.15, 0.2) is 0 Å². The van der Waals surface area contributed by atoms with Gasteiger partial charge in [-0.25, -0.2) is 5.48 Å². The van der Waals surface area contributed by atoms with E-state index in [9.17, 15) is 9.59 Å². The summed E-state index contributed by atoms with van der Waals surface area (Å²) in [6.07, 6.45) is 0.230. The zero-order valence-electron chi connectivity index (χ0n) is 13.6. The minimum atomic E-state index is -0.622. The first-order chi connectivity index (χ1) is 11.0. The lowest BCUT2D eigenvalue weighted by Crippen LogP contribution is -2.49. The Hall–Kier alpha value is -2.40. The molecule has 0 heterocycles. The molecular formula is C18H22N2O3. The van der Waals surface area contributed by atoms with Crippen molar-refractivity contribution in [2.45, 2.75) is 26.3 Å². The number of nitrogens with one attached hydrogen (secondary N) is 2. The number of amides is 2. The highest BCUT2D eigenvalue weighted by Gasteiger charge is 2.24. The molecule has 0 fully saturated rings. The van der Waals surface area contributed by atoms with Crippen molar-refractivity contribution in [2.24, 2.45) is 5.92 Å². The van der Waals surface area contributed by atoms with Gasteiger partial charge >= 0.3 is 0 Å². The van der Waals surface area contributed by atoms with Gasteiger partial charge < -0.3 is 5.32 Å². The van der Waals surface area contributed by atoms with Gasteiger partial charge in [-0.3, -0.25) is 14.4 Å². The molecule has 1 atom stereocenters. The van der Waals surface area contributed by atoms with Crippen molar-refractivity contribution >= 4 is 22.6 Å². The van der Waals surface area contributed by atoms with Crippen LogP contribution in [0.4, 0.5) is 0 Å². The van der Waals surface area contributed by atoms with E-state index in [1.54, 1.807) is 0 Å². The van der Waals surface area contributed by atoms with Gasteiger partial charge in [0.1, 0.15) is 6.04 Å². The molecule has 0 radical (unpaired) electrons. The Balaban J connectivity index is 2.05. The number of carbonyl (C=O) groups is 2. The van der Waals surface area contributed by atoms with E-state index in [0.29, 0.717) is 0 Å². The molecule has 122 valence electrons. The van der Waals surface area contributed by atoms with Crippen LogP contribution in [0.5, 0.6) is 0 Å². The van der Waals surface area contributed by atoms with Gasteiger partial charge in [0.05, 0.1) is 13.5 Å². The van der Waals surface area contributed by atoms with Crippen molar-refractivity contribution in [1.29, 1.82) is 0 Å². The number of fused-ring (bicyclic) bond motifs is 1. The van der Waals surface area contributed by atoms with Gasteiger partial charge in [0.25, 0.3) is 5.91 Å². The summed E-state index contributed by atoms with van der Waals surface area (Å²) in [6, 6.07) is 13.3. The van der Waals surface area contributed by atoms with Crippen molar-refractivity contribution in [2.75, 3.05) is 7.11 Å². The maximum absolute atomic E-state index is 12.2. The minimum Gasteiger partial charge on any atom is -0.344 e. The van der Waals surface area contributed by atoms with Crippen LogP contribution in [0.25, 0.3) is 10.8 Å². The predicted octanol–water partition coefficient (Wildman–Crippen LogP) is 2.20. The Kier molecular flexibility index (Phi) is 5.71. The molecule has 0 aliphatic rings. The zero-order valence-corrected chi connectivity index (χ0v) is 13.6. The Bertz CT molecular complexity index is 697. The normalized spacial score (nSPS) is 12.2. The summed E-state index contributed by atoms with van der Waals surface area (Å²) in [5, 5.41) is 4.99. The highest BCUT2D eigenvalue weighted by Crippen LogP contribution is 2.16. The first-order valence-corrected chi connectivity index (χ1v) is 7.61. The Labute approximate surface area is 136 Å². The van der Waals surface area contributed by atoms with Crippen LogP contribution in [-0.4, -0.2) is 25.0 Å². The molecule has 0 aliphatic heterocycles. The first kappa shape index (κ1) is 17.0. The number of hydrogen-bond acceptors (Lipinski definition) is 3. The molecule has 2 aromatic carbocycles. The highest BCUT2D eigenvalue weighted by atomic mass is 16.6. The molecule has 2 rings (SSSR count). The lowest BCUT2D eigenvalue weighted by molar-refractivity contribution is -0.137. The summed E-state index contributed by atoms with van der Waals surface area (Å²) < 4.78 is 0. The van der Waals surface area contributed by atoms with Crippen LogP contribution < -0.4 is 10.8 Å². The predicted molar refractivity (Wildman–Crippen MR) is 89.6 cm³/mol. The third-order valence-electron chi connectivity index (χ3n) is 3.65. The monoisotopic (exact) mass is 314 g/mol. The molecular weight excluding hydrogens is 292 g/mol. The fourth-order valence-electron chi connectivity index (χ4n) is 2.46. The van der Waals surface area contributed by atoms with Crippen LogP contribution in [0.15, 0.2) is 42.5 Å². The fraction of sp³-hybridized carbons (Fsp3) is 0.333. The number of benzene rings is 2. The molecule has 5 heteroatoms. The summed E-state index contributed by atoms with van der Waals surface area (Å²) in [4.78, 5) is 28.8. The molecule has 2 amide bonds. The minimum absolute atomic E-state index is 0.0364. The first-order valence-electron chi connectivity index (χ1n) is 7.61. The van der Waals surface area contributed by atoms with Gasteiger partial charge in [-0.15, -0.1) is 0 Å². The summed E-state index contributed by atoms with van der Waals surface area (Å²) >= 11 is 0. The summed E-state index contributed by atoms with van der Waals surface area (Å²) in [5.41, 5.74) is 3.18. The molecule has 0 spiro atoms. The van der Waals surface area contributed by atoms with E-state index in [-0.39, 0.29) is 24.2 Å². The van der Waals surface area contributed by atoms with Gasteiger partial charge in [-0.2, -0.15) is 0 Å². The van der Waals surface area contributed by atoms with Gasteiger partial charge in [0, 0.05) is 0 Å². The van der Waals surface area contributed by atoms with E-state index < -0.39 is 6.04 Å². The maximum Gasteiger partial charge on any atom is 0.266 e. The number of rotatable bonds is 6. The molecule has 0 bridgehead atoms. The fourth-order valence-corrected chi connectivity index (χ4v) is 2.46. The van der Waals surface area contributed by atoms with Crippen LogP contribution >= 0.6 is 0 Å². The second kappa shape index (κ2) is 7.74. The summed E-state index contributed by atoms with van der Waals surface area (Å²) in [7, 11) is 1.37. The largest absolute Gasteiger partial charge is 0.344 e. The standard InChI is InChI=1S/C18H22N2O3/c1-12(2)17(18(22)20-23-3)19-16(21)11-13-8-9-14-6-4-5-7-15(14)10-13/h4-10,12,17H,11H2,1-3H3,(H,19,21)(H,20,22). The quantitative estimate of drug-likeness (QED) is 0.803. The smallest absolute Gasteiger partial charge is 0.266 e. The van der Waals surface area contributed by atoms with Gasteiger partial charge in [-0.05, 0) is 22.3 Å². The summed E-state index contributed by atoms with van der Waals surface area (Å²) in [6.45, 7) is 3.74. The SMILES string of the molecule is CONC(=O)C(NC(=O)Cc1ccc2ccccc2c1)C(C)C. The van der Waals surface area contributed by atoms with Crippen molar-refractivity contribution in [3.8, 4) is 0 Å². The molecule has 2 aromatic rings. The van der Waals surface area contributed by atoms with E-state index in [2.05, 4.69) is 15.6 Å². The van der Waals surface area contributed by atoms with Crippen molar-refractivity contribution in [1.82, 2.24) is 10.8 Å². The van der Waals surface area contributed by atoms with Gasteiger partial charge in [0.2, 0.25) is 5.91 Å². The lowest BCUT2D eigenvalue weighted by Gasteiger charge is -2.21. The zero-order chi connectivity index (χ0) is 16.8. The second-order valence-corrected chi connectivity index (χ2v) is 5.82. The van der Waals surface area contributed by atoms with Crippen LogP contribution in [-0.2, 0) is 20.8 Å². The summed E-state index contributed by atoms with van der Waals surface area (Å²) in [5.74, 6) is -0.578. The Morgan fingerprint density at radius 2 is 1.78 bits per heavy atom. The van der Waals surface area contributed by atoms with E-state index in [0.717, 1.165) is 16.3 Å². The topological polar surface area (TPSA) is 67.4 Å². The van der Waals surface area contributed by atoms with Crippen molar-refractivity contribution in [3.05, 3.63) is 48.0 Å². The third-order valence-corrected chi connectivity index (χ3v) is 3.65. The maximum atomic E-state index is 12.2. The number of hydrogen-bond donors (Lipinski definition) is 2. The molecule has 0 saturated carbocycles. The second-order valence-electron chi connectivity index (χ2n) is 5.82. The van der Waals surface area contributed by atoms with E-state index in [1.165, 1.54) is 7.11 Å². The van der Waals surface area contributed by atoms with Crippen LogP contribution in [0.2, 0.25) is 0 Å². The molecule has 1 unspecified atom stereocenters. The molecule has 2 N–H and O–H groups in total. The van der Waals surface area contributed by atoms with Gasteiger partial charge in [-0.1, -0.05) is 56.3 Å². The molecule has 23 heavy (non-hydrogen) atoms. The average molecular weight is 314 g/mol. The highest BCUT2D eigenvalue weighted by molar-refractivity contribution is 5.89. The number of hydroxylamine groups is 1. The number of carbonyl (C=O) groups excluding carboxylic acids is 2. The lowest BCUT2D eigenvalue weighted by atomic mass is 10.0. The molecule has 5 nitrogen and oxygen atoms in total. The van der Waals surface area contributed by atoms with E-state index >= 15 is 0 Å². The van der Waals surface area contributed by atoms with Crippen molar-refractivity contribution < 1.29 is 14.4 Å². The van der Waals surface area contributed by atoms with Crippen LogP contribution in [0, 0.1) is 5.92 Å². The van der Waals surface area contributed by atoms with Crippen molar-refractivity contribution in [3.63, 3.8) is 0 Å². The van der Waals surface area contributed by atoms with E-state index in [1.807, 2.05) is 56.3 Å². The molecule has 0 aromatic heterocycles. The van der Waals surface area contributed by atoms with Crippen LogP contribution in [0.1, 0.15) is 19.4 Å². The molecule has 0 saturated heterocycles. The van der Waals surface area contributed by atoms with Crippen LogP contribution in [0.3, 0.4) is 0 Å². The Morgan fingerprint density at radius 1 is 1.09 bits per heavy atom.